The van der Waals surface area contributed by atoms with E-state index >= 15 is 0 Å². The number of ether oxygens (including phenoxy) is 1. The van der Waals surface area contributed by atoms with E-state index in [1.807, 2.05) is 54.6 Å². The smallest absolute Gasteiger partial charge is 0.337 e. The number of nitrogens with one attached hydrogen (secondary N) is 3. The molecule has 0 radical (unpaired) electrons. The molecule has 246 valence electrons. The summed E-state index contributed by atoms with van der Waals surface area (Å²) >= 11 is 1.53. The standard InChI is InChI=1S/C39H45N3O4S/c1-4-31(5-2)40-24-23-28-9-8-10-30(25-28)36(43)42-38-35(33-11-6-7-12-34(33)47-38)37(44)41-32-21-17-27(18-22-32)14-13-26-15-19-29(20-16-26)39(45)46-3/h8-10,15-22,25,31,40H,4-7,11-14,23-24H2,1-3H3,(H,41,44)(H,42,43). The molecule has 1 aromatic heterocycles. The second-order valence-corrected chi connectivity index (χ2v) is 13.2. The monoisotopic (exact) mass is 651 g/mol. The van der Waals surface area contributed by atoms with Gasteiger partial charge in [0.15, 0.2) is 0 Å². The van der Waals surface area contributed by atoms with Gasteiger partial charge in [0.05, 0.1) is 18.2 Å². The summed E-state index contributed by atoms with van der Waals surface area (Å²) in [6.45, 7) is 5.25. The highest BCUT2D eigenvalue weighted by Gasteiger charge is 2.27. The summed E-state index contributed by atoms with van der Waals surface area (Å²) in [5.41, 5.74) is 6.88. The van der Waals surface area contributed by atoms with Gasteiger partial charge < -0.3 is 20.7 Å². The number of esters is 1. The quantitative estimate of drug-likeness (QED) is 0.120. The molecule has 1 aliphatic carbocycles. The fraction of sp³-hybridized carbons (Fsp3) is 0.359. The van der Waals surface area contributed by atoms with Crippen LogP contribution in [0, 0.1) is 0 Å². The van der Waals surface area contributed by atoms with E-state index < -0.39 is 0 Å². The number of hydrogen-bond acceptors (Lipinski definition) is 6. The van der Waals surface area contributed by atoms with E-state index in [2.05, 4.69) is 35.9 Å². The lowest BCUT2D eigenvalue weighted by atomic mass is 9.95. The van der Waals surface area contributed by atoms with E-state index in [9.17, 15) is 14.4 Å². The first-order valence-electron chi connectivity index (χ1n) is 16.7. The third-order valence-electron chi connectivity index (χ3n) is 8.94. The first-order chi connectivity index (χ1) is 22.9. The van der Waals surface area contributed by atoms with Gasteiger partial charge in [-0.1, -0.05) is 50.2 Å². The van der Waals surface area contributed by atoms with Crippen molar-refractivity contribution in [3.8, 4) is 0 Å². The number of carbonyl (C=O) groups excluding carboxylic acids is 3. The van der Waals surface area contributed by atoms with Gasteiger partial charge in [0.25, 0.3) is 11.8 Å². The van der Waals surface area contributed by atoms with Gasteiger partial charge in [-0.2, -0.15) is 0 Å². The molecule has 0 bridgehead atoms. The maximum Gasteiger partial charge on any atom is 0.337 e. The zero-order valence-corrected chi connectivity index (χ0v) is 28.4. The number of carbonyl (C=O) groups is 3. The zero-order chi connectivity index (χ0) is 33.2. The summed E-state index contributed by atoms with van der Waals surface area (Å²) in [6.07, 6.45) is 8.59. The molecule has 0 saturated carbocycles. The van der Waals surface area contributed by atoms with Crippen LogP contribution in [0.15, 0.2) is 72.8 Å². The lowest BCUT2D eigenvalue weighted by Gasteiger charge is -2.15. The van der Waals surface area contributed by atoms with Gasteiger partial charge in [-0.05, 0) is 123 Å². The summed E-state index contributed by atoms with van der Waals surface area (Å²) < 4.78 is 4.77. The average molecular weight is 652 g/mol. The van der Waals surface area contributed by atoms with Crippen LogP contribution in [0.1, 0.15) is 97.7 Å². The van der Waals surface area contributed by atoms with Gasteiger partial charge in [0, 0.05) is 22.2 Å². The summed E-state index contributed by atoms with van der Waals surface area (Å²) in [5.74, 6) is -0.732. The van der Waals surface area contributed by atoms with Crippen molar-refractivity contribution in [3.63, 3.8) is 0 Å². The Balaban J connectivity index is 1.23. The van der Waals surface area contributed by atoms with Crippen LogP contribution in [-0.2, 0) is 36.8 Å². The number of benzene rings is 3. The van der Waals surface area contributed by atoms with Crippen molar-refractivity contribution < 1.29 is 19.1 Å². The molecule has 8 heteroatoms. The van der Waals surface area contributed by atoms with E-state index in [0.717, 1.165) is 86.6 Å². The lowest BCUT2D eigenvalue weighted by molar-refractivity contribution is 0.0600. The minimum Gasteiger partial charge on any atom is -0.465 e. The Morgan fingerprint density at radius 1 is 0.766 bits per heavy atom. The fourth-order valence-electron chi connectivity index (χ4n) is 6.10. The van der Waals surface area contributed by atoms with Crippen molar-refractivity contribution in [1.29, 1.82) is 0 Å². The number of fused-ring (bicyclic) bond motifs is 1. The molecule has 0 fully saturated rings. The van der Waals surface area contributed by atoms with E-state index in [-0.39, 0.29) is 17.8 Å². The maximum atomic E-state index is 13.8. The van der Waals surface area contributed by atoms with Crippen LogP contribution in [0.25, 0.3) is 0 Å². The van der Waals surface area contributed by atoms with Gasteiger partial charge in [-0.15, -0.1) is 11.3 Å². The second-order valence-electron chi connectivity index (χ2n) is 12.1. The number of methoxy groups -OCH3 is 1. The molecular weight excluding hydrogens is 607 g/mol. The van der Waals surface area contributed by atoms with E-state index in [1.165, 1.54) is 23.3 Å². The molecule has 7 nitrogen and oxygen atoms in total. The fourth-order valence-corrected chi connectivity index (χ4v) is 7.38. The lowest BCUT2D eigenvalue weighted by Crippen LogP contribution is -2.29. The third-order valence-corrected chi connectivity index (χ3v) is 10.1. The van der Waals surface area contributed by atoms with Gasteiger partial charge in [-0.3, -0.25) is 9.59 Å². The average Bonchev–Trinajstić information content (AvgIpc) is 3.47. The summed E-state index contributed by atoms with van der Waals surface area (Å²) in [7, 11) is 1.38. The Hall–Kier alpha value is -4.27. The highest BCUT2D eigenvalue weighted by molar-refractivity contribution is 7.17. The van der Waals surface area contributed by atoms with E-state index in [0.29, 0.717) is 33.4 Å². The third kappa shape index (κ3) is 8.96. The molecule has 47 heavy (non-hydrogen) atoms. The Labute approximate surface area is 282 Å². The molecule has 0 saturated heterocycles. The predicted octanol–water partition coefficient (Wildman–Crippen LogP) is 8.02. The van der Waals surface area contributed by atoms with Crippen LogP contribution in [0.4, 0.5) is 10.7 Å². The van der Waals surface area contributed by atoms with Crippen LogP contribution >= 0.6 is 11.3 Å². The van der Waals surface area contributed by atoms with Gasteiger partial charge in [0.1, 0.15) is 5.00 Å². The molecule has 3 N–H and O–H groups in total. The normalized spacial score (nSPS) is 12.4. The Kier molecular flexibility index (Phi) is 12.0. The zero-order valence-electron chi connectivity index (χ0n) is 27.6. The maximum absolute atomic E-state index is 13.8. The highest BCUT2D eigenvalue weighted by Crippen LogP contribution is 2.39. The molecule has 4 aromatic rings. The summed E-state index contributed by atoms with van der Waals surface area (Å²) in [4.78, 5) is 40.1. The number of rotatable bonds is 14. The largest absolute Gasteiger partial charge is 0.465 e. The molecule has 0 spiro atoms. The van der Waals surface area contributed by atoms with Crippen LogP contribution < -0.4 is 16.0 Å². The van der Waals surface area contributed by atoms with Crippen LogP contribution in [0.3, 0.4) is 0 Å². The molecule has 0 atom stereocenters. The molecule has 2 amide bonds. The summed E-state index contributed by atoms with van der Waals surface area (Å²) in [5, 5.41) is 10.4. The summed E-state index contributed by atoms with van der Waals surface area (Å²) in [6, 6.07) is 23.6. The van der Waals surface area contributed by atoms with E-state index in [4.69, 9.17) is 4.74 Å². The molecular formula is C39H45N3O4S. The molecule has 0 aliphatic heterocycles. The van der Waals surface area contributed by atoms with Crippen molar-refractivity contribution in [2.75, 3.05) is 24.3 Å². The molecule has 3 aromatic carbocycles. The van der Waals surface area contributed by atoms with Gasteiger partial charge in [-0.25, -0.2) is 4.79 Å². The topological polar surface area (TPSA) is 96.5 Å². The Bertz CT molecular complexity index is 1670. The van der Waals surface area contributed by atoms with E-state index in [1.54, 1.807) is 12.1 Å². The number of aryl methyl sites for hydroxylation is 3. The van der Waals surface area contributed by atoms with Crippen molar-refractivity contribution in [2.45, 2.75) is 77.7 Å². The van der Waals surface area contributed by atoms with Crippen LogP contribution in [0.2, 0.25) is 0 Å². The first kappa shape index (κ1) is 34.1. The number of hydrogen-bond donors (Lipinski definition) is 3. The van der Waals surface area contributed by atoms with Crippen LogP contribution in [-0.4, -0.2) is 37.5 Å². The minimum absolute atomic E-state index is 0.195. The van der Waals surface area contributed by atoms with Crippen molar-refractivity contribution >= 4 is 39.8 Å². The van der Waals surface area contributed by atoms with Crippen molar-refractivity contribution in [2.24, 2.45) is 0 Å². The second kappa shape index (κ2) is 16.5. The number of anilines is 2. The first-order valence-corrected chi connectivity index (χ1v) is 17.6. The van der Waals surface area contributed by atoms with Crippen molar-refractivity contribution in [3.05, 3.63) is 117 Å². The molecule has 1 heterocycles. The predicted molar refractivity (Wildman–Crippen MR) is 191 cm³/mol. The number of thiophene rings is 1. The SMILES string of the molecule is CCC(CC)NCCc1cccc(C(=O)Nc2sc3c(c2C(=O)Nc2ccc(CCc4ccc(C(=O)OC)cc4)cc2)CCCC3)c1. The van der Waals surface area contributed by atoms with Gasteiger partial charge >= 0.3 is 5.97 Å². The highest BCUT2D eigenvalue weighted by atomic mass is 32.1. The Morgan fingerprint density at radius 2 is 1.45 bits per heavy atom. The molecule has 5 rings (SSSR count). The van der Waals surface area contributed by atoms with Crippen molar-refractivity contribution in [1.82, 2.24) is 5.32 Å². The molecule has 1 aliphatic rings. The minimum atomic E-state index is -0.340. The van der Waals surface area contributed by atoms with Gasteiger partial charge in [0.2, 0.25) is 0 Å². The molecule has 0 unspecified atom stereocenters. The Morgan fingerprint density at radius 3 is 2.13 bits per heavy atom. The van der Waals surface area contributed by atoms with Crippen LogP contribution in [0.5, 0.6) is 0 Å². The number of amides is 2.